The van der Waals surface area contributed by atoms with Crippen molar-refractivity contribution >= 4 is 5.97 Å². The zero-order valence-electron chi connectivity index (χ0n) is 53.9. The summed E-state index contributed by atoms with van der Waals surface area (Å²) in [6, 6.07) is 0. The van der Waals surface area contributed by atoms with E-state index in [-0.39, 0.29) is 36.4 Å². The summed E-state index contributed by atoms with van der Waals surface area (Å²) >= 11 is 0. The maximum absolute atomic E-state index is 12.8. The van der Waals surface area contributed by atoms with E-state index in [0.717, 1.165) is 44.9 Å². The van der Waals surface area contributed by atoms with Gasteiger partial charge in [0.1, 0.15) is 43.2 Å². The molecule has 87 heavy (non-hydrogen) atoms. The lowest BCUT2D eigenvalue weighted by Crippen LogP contribution is -2.60. The summed E-state index contributed by atoms with van der Waals surface area (Å²) in [4.78, 5) is 24.2. The van der Waals surface area contributed by atoms with Gasteiger partial charge in [0, 0.05) is 79.3 Å². The van der Waals surface area contributed by atoms with Crippen molar-refractivity contribution in [1.82, 2.24) is 0 Å². The van der Waals surface area contributed by atoms with Gasteiger partial charge in [-0.05, 0) is 123 Å². The Balaban J connectivity index is 0.640. The third kappa shape index (κ3) is 13.2. The van der Waals surface area contributed by atoms with Crippen LogP contribution in [0.15, 0.2) is 11.6 Å². The van der Waals surface area contributed by atoms with Crippen molar-refractivity contribution in [3.05, 3.63) is 11.6 Å². The molecule has 23 nitrogen and oxygen atoms in total. The van der Waals surface area contributed by atoms with Crippen molar-refractivity contribution in [1.29, 1.82) is 0 Å². The Morgan fingerprint density at radius 3 is 1.74 bits per heavy atom. The number of fused-ring (bicyclic) bond motifs is 6. The minimum atomic E-state index is -1.32. The Bertz CT molecular complexity index is 2320. The quantitative estimate of drug-likeness (QED) is 0.0879. The molecule has 3 N–H and O–H groups in total. The van der Waals surface area contributed by atoms with Gasteiger partial charge >= 0.3 is 5.97 Å². The highest BCUT2D eigenvalue weighted by atomic mass is 17.2. The van der Waals surface area contributed by atoms with Crippen LogP contribution >= 0.6 is 0 Å². The summed E-state index contributed by atoms with van der Waals surface area (Å²) in [7, 11) is 6.42. The molecule has 23 heteroatoms. The van der Waals surface area contributed by atoms with E-state index in [1.165, 1.54) is 12.5 Å². The average molecular weight is 1240 g/mol. The maximum atomic E-state index is 12.8. The van der Waals surface area contributed by atoms with Crippen LogP contribution in [0.1, 0.15) is 159 Å². The lowest BCUT2D eigenvalue weighted by Gasteiger charge is -2.59. The van der Waals surface area contributed by atoms with Gasteiger partial charge in [-0.1, -0.05) is 25.5 Å². The van der Waals surface area contributed by atoms with Gasteiger partial charge < -0.3 is 95.8 Å². The standard InChI is InChI=1S/C64H104O23/c1-31-55(81-52-26-46(70-12)58(34(4)76-52)83-53-25-45(69-11)56(32(2)75-53)80-38(8)65)44(67)24-50(74-31)82-57-33(3)77-54(27-47(57)71-13)84-59-36(6)85-63(29-49(59)72-14)30-73-48-28-51(78-35(5)60(48)86-87-63)79-37(7)64(68)22-19-43-41-16-15-39-23-40(66)17-20-61(39,9)42(41)18-21-62(43,64)10/h15,31-37,40-60,66-68H,16-30H2,1-14H3. The molecular formula is C64H104O23. The molecule has 10 fully saturated rings. The van der Waals surface area contributed by atoms with Crippen LogP contribution in [0.25, 0.3) is 0 Å². The second-order valence-corrected chi connectivity index (χ2v) is 28.0. The molecule has 4 aliphatic carbocycles. The number of aliphatic hydroxyl groups excluding tert-OH is 2. The number of ether oxygens (including phenoxy) is 17. The molecule has 0 aromatic carbocycles. The first-order valence-corrected chi connectivity index (χ1v) is 32.7. The van der Waals surface area contributed by atoms with Crippen molar-refractivity contribution in [2.24, 2.45) is 28.6 Å². The van der Waals surface area contributed by atoms with Crippen LogP contribution in [0.4, 0.5) is 0 Å². The number of esters is 1. The Labute approximate surface area is 514 Å². The van der Waals surface area contributed by atoms with Crippen molar-refractivity contribution < 1.29 is 110 Å². The van der Waals surface area contributed by atoms with Gasteiger partial charge in [-0.25, -0.2) is 4.89 Å². The second-order valence-electron chi connectivity index (χ2n) is 28.0. The van der Waals surface area contributed by atoms with E-state index in [1.807, 2.05) is 48.5 Å². The van der Waals surface area contributed by atoms with Crippen molar-refractivity contribution in [2.75, 3.05) is 35.0 Å². The topological polar surface area (TPSA) is 253 Å². The molecule has 3 saturated carbocycles. The Morgan fingerprint density at radius 1 is 0.621 bits per heavy atom. The van der Waals surface area contributed by atoms with Crippen LogP contribution in [-0.4, -0.2) is 221 Å². The first-order valence-electron chi connectivity index (χ1n) is 32.7. The molecule has 0 bridgehead atoms. The molecule has 1 spiro atoms. The number of carbonyl (C=O) groups excluding carboxylic acids is 1. The highest BCUT2D eigenvalue weighted by molar-refractivity contribution is 5.66. The number of hydrogen-bond acceptors (Lipinski definition) is 23. The molecule has 32 unspecified atom stereocenters. The highest BCUT2D eigenvalue weighted by Gasteiger charge is 2.66. The first kappa shape index (κ1) is 66.8. The normalized spacial score (nSPS) is 52.3. The van der Waals surface area contributed by atoms with E-state index in [2.05, 4.69) is 19.9 Å². The summed E-state index contributed by atoms with van der Waals surface area (Å²) in [5.74, 6) is -0.286. The molecule has 11 rings (SSSR count). The second kappa shape index (κ2) is 27.0. The van der Waals surface area contributed by atoms with Gasteiger partial charge in [0.2, 0.25) is 5.79 Å². The SMILES string of the molecule is COC1CC(OC2C(C)OC(OC3C(O)CC(OC4C(C)OC(OC5C(C)OC6(COC7CC(OC(C)C8(O)CCC9C%10CC=C%11CC(O)CCC%11(C)C%10CCC98C)OC(C)C7OO6)CC5OC)CC4OC)OC3C)CC2OC)OC(C)C1OC(C)=O. The number of methoxy groups -OCH3 is 4. The van der Waals surface area contributed by atoms with Gasteiger partial charge in [-0.2, -0.15) is 4.89 Å². The van der Waals surface area contributed by atoms with Crippen LogP contribution in [0.2, 0.25) is 0 Å². The van der Waals surface area contributed by atoms with Gasteiger partial charge in [0.05, 0.1) is 85.0 Å². The molecule has 0 aromatic heterocycles. The van der Waals surface area contributed by atoms with Crippen molar-refractivity contribution in [3.63, 3.8) is 0 Å². The monoisotopic (exact) mass is 1240 g/mol. The minimum absolute atomic E-state index is 0.0545. The van der Waals surface area contributed by atoms with Crippen molar-refractivity contribution in [3.8, 4) is 0 Å². The van der Waals surface area contributed by atoms with Gasteiger partial charge in [-0.15, -0.1) is 0 Å². The van der Waals surface area contributed by atoms with E-state index in [1.54, 1.807) is 28.4 Å². The molecule has 32 atom stereocenters. The molecule has 498 valence electrons. The summed E-state index contributed by atoms with van der Waals surface area (Å²) in [6.07, 6.45) is -2.71. The van der Waals surface area contributed by atoms with Gasteiger partial charge in [0.25, 0.3) is 0 Å². The number of hydrogen-bond donors (Lipinski definition) is 3. The lowest BCUT2D eigenvalue weighted by molar-refractivity contribution is -0.472. The average Bonchev–Trinajstić information content (AvgIpc) is 1.66. The summed E-state index contributed by atoms with van der Waals surface area (Å²) < 4.78 is 107. The molecule has 11 aliphatic rings. The summed E-state index contributed by atoms with van der Waals surface area (Å²) in [6.45, 7) is 19.4. The fourth-order valence-corrected chi connectivity index (χ4v) is 17.9. The lowest BCUT2D eigenvalue weighted by atomic mass is 9.46. The predicted molar refractivity (Wildman–Crippen MR) is 306 cm³/mol. The smallest absolute Gasteiger partial charge is 0.303 e. The minimum Gasteiger partial charge on any atom is -0.457 e. The molecule has 0 amide bonds. The van der Waals surface area contributed by atoms with Crippen LogP contribution in [0, 0.1) is 28.6 Å². The first-order chi connectivity index (χ1) is 41.4. The van der Waals surface area contributed by atoms with Gasteiger partial charge in [-0.3, -0.25) is 4.79 Å². The molecule has 0 aromatic rings. The molecular weight excluding hydrogens is 1140 g/mol. The van der Waals surface area contributed by atoms with E-state index in [4.69, 9.17) is 90.3 Å². The van der Waals surface area contributed by atoms with Crippen molar-refractivity contribution in [2.45, 2.75) is 324 Å². The fourth-order valence-electron chi connectivity index (χ4n) is 17.9. The van der Waals surface area contributed by atoms with Crippen LogP contribution in [0.5, 0.6) is 0 Å². The number of aliphatic hydroxyl groups is 3. The zero-order chi connectivity index (χ0) is 62.1. The van der Waals surface area contributed by atoms with E-state index < -0.39 is 165 Å². The van der Waals surface area contributed by atoms with Crippen LogP contribution in [0.3, 0.4) is 0 Å². The Hall–Kier alpha value is -1.63. The third-order valence-corrected chi connectivity index (χ3v) is 22.8. The third-order valence-electron chi connectivity index (χ3n) is 22.8. The Morgan fingerprint density at radius 2 is 1.15 bits per heavy atom. The predicted octanol–water partition coefficient (Wildman–Crippen LogP) is 6.23. The molecule has 7 heterocycles. The number of carbonyl (C=O) groups is 1. The Kier molecular flexibility index (Phi) is 20.7. The number of allylic oxidation sites excluding steroid dienone is 1. The largest absolute Gasteiger partial charge is 0.457 e. The fraction of sp³-hybridized carbons (Fsp3) is 0.953. The van der Waals surface area contributed by atoms with Gasteiger partial charge in [0.15, 0.2) is 37.6 Å². The summed E-state index contributed by atoms with van der Waals surface area (Å²) in [5, 5.41) is 35.0. The van der Waals surface area contributed by atoms with E-state index >= 15 is 0 Å². The maximum Gasteiger partial charge on any atom is 0.303 e. The zero-order valence-corrected chi connectivity index (χ0v) is 53.9. The number of rotatable bonds is 16. The van der Waals surface area contributed by atoms with E-state index in [0.29, 0.717) is 49.9 Å². The summed E-state index contributed by atoms with van der Waals surface area (Å²) in [5.41, 5.74) is 0.239. The van der Waals surface area contributed by atoms with Crippen LogP contribution < -0.4 is 0 Å². The molecule has 0 radical (unpaired) electrons. The van der Waals surface area contributed by atoms with E-state index in [9.17, 15) is 20.1 Å². The van der Waals surface area contributed by atoms with Crippen LogP contribution in [-0.2, 0) is 95.1 Å². The molecule has 7 saturated heterocycles. The molecule has 7 aliphatic heterocycles. The highest BCUT2D eigenvalue weighted by Crippen LogP contribution is 2.68.